The zero-order valence-corrected chi connectivity index (χ0v) is 9.81. The summed E-state index contributed by atoms with van der Waals surface area (Å²) in [5, 5.41) is 15.6. The van der Waals surface area contributed by atoms with Crippen molar-refractivity contribution in [3.8, 4) is 0 Å². The van der Waals surface area contributed by atoms with E-state index >= 15 is 0 Å². The molecular formula is C11H19N3O2. The van der Waals surface area contributed by atoms with Gasteiger partial charge in [-0.05, 0) is 24.8 Å². The zero-order valence-electron chi connectivity index (χ0n) is 9.81. The number of aliphatic hydroxyl groups excluding tert-OH is 1. The molecule has 16 heavy (non-hydrogen) atoms. The Bertz CT molecular complexity index is 336. The highest BCUT2D eigenvalue weighted by atomic mass is 16.3. The van der Waals surface area contributed by atoms with Gasteiger partial charge in [-0.15, -0.1) is 0 Å². The van der Waals surface area contributed by atoms with E-state index < -0.39 is 0 Å². The first-order valence-electron chi connectivity index (χ1n) is 5.52. The van der Waals surface area contributed by atoms with Crippen LogP contribution in [0.2, 0.25) is 0 Å². The fourth-order valence-electron chi connectivity index (χ4n) is 1.43. The number of nitrogens with zero attached hydrogens (tertiary/aromatic N) is 2. The second kappa shape index (κ2) is 6.27. The molecule has 0 aromatic carbocycles. The molecule has 2 N–H and O–H groups in total. The normalized spacial score (nSPS) is 12.4. The van der Waals surface area contributed by atoms with Gasteiger partial charge in [-0.25, -0.2) is 0 Å². The minimum absolute atomic E-state index is 0.100. The van der Waals surface area contributed by atoms with Crippen molar-refractivity contribution in [1.82, 2.24) is 15.1 Å². The molecule has 0 bridgehead atoms. The molecule has 0 spiro atoms. The van der Waals surface area contributed by atoms with Gasteiger partial charge >= 0.3 is 0 Å². The van der Waals surface area contributed by atoms with Crippen molar-refractivity contribution in [2.24, 2.45) is 13.0 Å². The van der Waals surface area contributed by atoms with Gasteiger partial charge in [0.2, 0.25) is 0 Å². The van der Waals surface area contributed by atoms with E-state index in [1.54, 1.807) is 24.0 Å². The molecule has 1 rings (SSSR count). The lowest BCUT2D eigenvalue weighted by molar-refractivity contribution is 0.0942. The monoisotopic (exact) mass is 225 g/mol. The summed E-state index contributed by atoms with van der Waals surface area (Å²) in [7, 11) is 1.74. The smallest absolute Gasteiger partial charge is 0.269 e. The fraction of sp³-hybridized carbons (Fsp3) is 0.636. The fourth-order valence-corrected chi connectivity index (χ4v) is 1.43. The molecule has 0 aliphatic heterocycles. The summed E-state index contributed by atoms with van der Waals surface area (Å²) in [5.74, 6) is 0.199. The van der Waals surface area contributed by atoms with Gasteiger partial charge in [0.15, 0.2) is 0 Å². The molecule has 1 heterocycles. The Hall–Kier alpha value is -1.36. The lowest BCUT2D eigenvalue weighted by atomic mass is 10.1. The number of nitrogens with one attached hydrogen (secondary N) is 1. The van der Waals surface area contributed by atoms with Crippen LogP contribution in [0.15, 0.2) is 12.3 Å². The SMILES string of the molecule is CC(CO)CCCNC(=O)c1ccnn1C. The van der Waals surface area contributed by atoms with Gasteiger partial charge in [0.25, 0.3) is 5.91 Å². The second-order valence-electron chi connectivity index (χ2n) is 4.03. The maximum atomic E-state index is 11.6. The summed E-state index contributed by atoms with van der Waals surface area (Å²) < 4.78 is 1.55. The van der Waals surface area contributed by atoms with Crippen LogP contribution in [0, 0.1) is 5.92 Å². The van der Waals surface area contributed by atoms with Crippen molar-refractivity contribution in [3.05, 3.63) is 18.0 Å². The molecule has 5 nitrogen and oxygen atoms in total. The van der Waals surface area contributed by atoms with E-state index in [4.69, 9.17) is 5.11 Å². The Balaban J connectivity index is 2.24. The van der Waals surface area contributed by atoms with Gasteiger partial charge in [0.05, 0.1) is 0 Å². The molecule has 5 heteroatoms. The number of carbonyl (C=O) groups excluding carboxylic acids is 1. The zero-order chi connectivity index (χ0) is 12.0. The number of amides is 1. The number of rotatable bonds is 6. The van der Waals surface area contributed by atoms with E-state index in [-0.39, 0.29) is 12.5 Å². The molecule has 0 aliphatic rings. The van der Waals surface area contributed by atoms with E-state index in [1.807, 2.05) is 6.92 Å². The lowest BCUT2D eigenvalue weighted by Gasteiger charge is -2.08. The van der Waals surface area contributed by atoms with Crippen LogP contribution in [0.1, 0.15) is 30.3 Å². The minimum Gasteiger partial charge on any atom is -0.396 e. The van der Waals surface area contributed by atoms with Gasteiger partial charge < -0.3 is 10.4 Å². The molecule has 0 aliphatic carbocycles. The number of aliphatic hydroxyl groups is 1. The summed E-state index contributed by atoms with van der Waals surface area (Å²) in [6.07, 6.45) is 3.40. The highest BCUT2D eigenvalue weighted by molar-refractivity contribution is 5.92. The van der Waals surface area contributed by atoms with E-state index in [0.29, 0.717) is 18.2 Å². The minimum atomic E-state index is -0.100. The van der Waals surface area contributed by atoms with E-state index in [2.05, 4.69) is 10.4 Å². The standard InChI is InChI=1S/C11H19N3O2/c1-9(8-15)4-3-6-12-11(16)10-5-7-13-14(10)2/h5,7,9,15H,3-4,6,8H2,1-2H3,(H,12,16). The molecule has 1 atom stereocenters. The van der Waals surface area contributed by atoms with Crippen molar-refractivity contribution >= 4 is 5.91 Å². The van der Waals surface area contributed by atoms with E-state index in [0.717, 1.165) is 12.8 Å². The van der Waals surface area contributed by atoms with Gasteiger partial charge in [-0.3, -0.25) is 9.48 Å². The molecule has 0 fully saturated rings. The van der Waals surface area contributed by atoms with Crippen LogP contribution in [0.3, 0.4) is 0 Å². The van der Waals surface area contributed by atoms with Crippen LogP contribution < -0.4 is 5.32 Å². The van der Waals surface area contributed by atoms with Crippen LogP contribution in [0.25, 0.3) is 0 Å². The molecule has 1 aromatic heterocycles. The highest BCUT2D eigenvalue weighted by Gasteiger charge is 2.08. The van der Waals surface area contributed by atoms with Crippen molar-refractivity contribution in [2.45, 2.75) is 19.8 Å². The summed E-state index contributed by atoms with van der Waals surface area (Å²) >= 11 is 0. The predicted molar refractivity (Wildman–Crippen MR) is 61.0 cm³/mol. The number of hydrogen-bond acceptors (Lipinski definition) is 3. The topological polar surface area (TPSA) is 67.2 Å². The van der Waals surface area contributed by atoms with Crippen molar-refractivity contribution in [3.63, 3.8) is 0 Å². The van der Waals surface area contributed by atoms with Crippen LogP contribution in [0.5, 0.6) is 0 Å². The second-order valence-corrected chi connectivity index (χ2v) is 4.03. The first-order chi connectivity index (χ1) is 7.65. The Morgan fingerprint density at radius 3 is 3.00 bits per heavy atom. The van der Waals surface area contributed by atoms with Gasteiger partial charge in [0, 0.05) is 26.4 Å². The van der Waals surface area contributed by atoms with Crippen molar-refractivity contribution < 1.29 is 9.90 Å². The van der Waals surface area contributed by atoms with Gasteiger partial charge in [-0.2, -0.15) is 5.10 Å². The number of aromatic nitrogens is 2. The molecule has 1 aromatic rings. The molecule has 1 unspecified atom stereocenters. The third kappa shape index (κ3) is 3.66. The first kappa shape index (κ1) is 12.7. The lowest BCUT2D eigenvalue weighted by Crippen LogP contribution is -2.26. The quantitative estimate of drug-likeness (QED) is 0.695. The molecule has 90 valence electrons. The van der Waals surface area contributed by atoms with Crippen LogP contribution >= 0.6 is 0 Å². The summed E-state index contributed by atoms with van der Waals surface area (Å²) in [6, 6.07) is 1.69. The summed E-state index contributed by atoms with van der Waals surface area (Å²) in [5.41, 5.74) is 0.565. The molecule has 0 saturated heterocycles. The average molecular weight is 225 g/mol. The summed E-state index contributed by atoms with van der Waals surface area (Å²) in [6.45, 7) is 2.83. The molecule has 1 amide bonds. The Kier molecular flexibility index (Phi) is 4.98. The third-order valence-electron chi connectivity index (χ3n) is 2.52. The predicted octanol–water partition coefficient (Wildman–Crippen LogP) is 0.558. The van der Waals surface area contributed by atoms with Crippen LogP contribution in [-0.4, -0.2) is 33.9 Å². The van der Waals surface area contributed by atoms with Crippen molar-refractivity contribution in [1.29, 1.82) is 0 Å². The van der Waals surface area contributed by atoms with Gasteiger partial charge in [-0.1, -0.05) is 6.92 Å². The maximum Gasteiger partial charge on any atom is 0.269 e. The highest BCUT2D eigenvalue weighted by Crippen LogP contribution is 2.03. The number of carbonyl (C=O) groups is 1. The Morgan fingerprint density at radius 1 is 1.69 bits per heavy atom. The maximum absolute atomic E-state index is 11.6. The summed E-state index contributed by atoms with van der Waals surface area (Å²) in [4.78, 5) is 11.6. The van der Waals surface area contributed by atoms with Crippen LogP contribution in [-0.2, 0) is 7.05 Å². The van der Waals surface area contributed by atoms with Crippen molar-refractivity contribution in [2.75, 3.05) is 13.2 Å². The number of aryl methyl sites for hydroxylation is 1. The third-order valence-corrected chi connectivity index (χ3v) is 2.52. The molecular weight excluding hydrogens is 206 g/mol. The van der Waals surface area contributed by atoms with Crippen LogP contribution in [0.4, 0.5) is 0 Å². The first-order valence-corrected chi connectivity index (χ1v) is 5.52. The molecule has 0 radical (unpaired) electrons. The number of hydrogen-bond donors (Lipinski definition) is 2. The largest absolute Gasteiger partial charge is 0.396 e. The average Bonchev–Trinajstić information content (AvgIpc) is 2.70. The molecule has 0 saturated carbocycles. The van der Waals surface area contributed by atoms with E-state index in [9.17, 15) is 4.79 Å². The Morgan fingerprint density at radius 2 is 2.44 bits per heavy atom. The van der Waals surface area contributed by atoms with Gasteiger partial charge in [0.1, 0.15) is 5.69 Å². The Labute approximate surface area is 95.5 Å². The van der Waals surface area contributed by atoms with E-state index in [1.165, 1.54) is 0 Å².